The minimum Gasteiger partial charge on any atom is -0.480 e. The van der Waals surface area contributed by atoms with Crippen LogP contribution in [0.1, 0.15) is 47.0 Å². The molecule has 1 unspecified atom stereocenters. The molecule has 0 radical (unpaired) electrons. The number of hydrogen-bond donors (Lipinski definition) is 3. The molecule has 0 aliphatic carbocycles. The molecule has 0 saturated heterocycles. The highest BCUT2D eigenvalue weighted by atomic mass is 16.4. The second-order valence-corrected chi connectivity index (χ2v) is 4.10. The van der Waals surface area contributed by atoms with E-state index in [0.717, 1.165) is 12.8 Å². The Bertz CT molecular complexity index is 252. The average molecular weight is 230 g/mol. The van der Waals surface area contributed by atoms with Gasteiger partial charge in [0.05, 0.1) is 0 Å². The first-order valence-corrected chi connectivity index (χ1v) is 5.71. The predicted molar refractivity (Wildman–Crippen MR) is 62.4 cm³/mol. The first kappa shape index (κ1) is 14.7. The van der Waals surface area contributed by atoms with Gasteiger partial charge in [-0.25, -0.2) is 9.59 Å². The van der Waals surface area contributed by atoms with Crippen molar-refractivity contribution in [3.63, 3.8) is 0 Å². The lowest BCUT2D eigenvalue weighted by molar-refractivity contribution is -0.143. The van der Waals surface area contributed by atoms with E-state index < -0.39 is 17.5 Å². The Morgan fingerprint density at radius 3 is 2.06 bits per heavy atom. The standard InChI is InChI=1S/C11H22N2O3/c1-5-8(6-2)12-10(16)13-11(4,7-3)9(14)15/h8H,5-7H2,1-4H3,(H,14,15)(H2,12,13,16). The van der Waals surface area contributed by atoms with Crippen molar-refractivity contribution >= 4 is 12.0 Å². The van der Waals surface area contributed by atoms with Gasteiger partial charge < -0.3 is 15.7 Å². The summed E-state index contributed by atoms with van der Waals surface area (Å²) in [5.74, 6) is -1.02. The summed E-state index contributed by atoms with van der Waals surface area (Å²) in [6.07, 6.45) is 2.01. The van der Waals surface area contributed by atoms with E-state index in [2.05, 4.69) is 10.6 Å². The third kappa shape index (κ3) is 4.08. The van der Waals surface area contributed by atoms with Gasteiger partial charge in [0.1, 0.15) is 5.54 Å². The van der Waals surface area contributed by atoms with E-state index in [1.807, 2.05) is 13.8 Å². The van der Waals surface area contributed by atoms with Crippen molar-refractivity contribution in [2.24, 2.45) is 0 Å². The van der Waals surface area contributed by atoms with Crippen LogP contribution in [0.2, 0.25) is 0 Å². The van der Waals surface area contributed by atoms with E-state index in [1.54, 1.807) is 6.92 Å². The van der Waals surface area contributed by atoms with Gasteiger partial charge in [-0.2, -0.15) is 0 Å². The Labute approximate surface area is 96.6 Å². The summed E-state index contributed by atoms with van der Waals surface area (Å²) in [5.41, 5.74) is -1.20. The van der Waals surface area contributed by atoms with Gasteiger partial charge in [-0.15, -0.1) is 0 Å². The van der Waals surface area contributed by atoms with Gasteiger partial charge in [0.25, 0.3) is 0 Å². The van der Waals surface area contributed by atoms with Crippen molar-refractivity contribution in [1.82, 2.24) is 10.6 Å². The Morgan fingerprint density at radius 2 is 1.75 bits per heavy atom. The van der Waals surface area contributed by atoms with Crippen LogP contribution in [-0.4, -0.2) is 28.7 Å². The van der Waals surface area contributed by atoms with Gasteiger partial charge in [-0.1, -0.05) is 20.8 Å². The number of aliphatic carboxylic acids is 1. The van der Waals surface area contributed by atoms with Gasteiger partial charge in [0.15, 0.2) is 0 Å². The van der Waals surface area contributed by atoms with Crippen LogP contribution in [0.3, 0.4) is 0 Å². The Morgan fingerprint density at radius 1 is 1.25 bits per heavy atom. The minimum absolute atomic E-state index is 0.0925. The van der Waals surface area contributed by atoms with Crippen molar-refractivity contribution in [3.8, 4) is 0 Å². The number of amides is 2. The van der Waals surface area contributed by atoms with Crippen LogP contribution in [0.15, 0.2) is 0 Å². The molecule has 0 aliphatic rings. The van der Waals surface area contributed by atoms with Crippen LogP contribution in [0.25, 0.3) is 0 Å². The van der Waals surface area contributed by atoms with E-state index >= 15 is 0 Å². The summed E-state index contributed by atoms with van der Waals surface area (Å²) in [5, 5.41) is 14.2. The average Bonchev–Trinajstić information content (AvgIpc) is 2.25. The molecule has 1 atom stereocenters. The van der Waals surface area contributed by atoms with Crippen molar-refractivity contribution in [2.45, 2.75) is 58.5 Å². The van der Waals surface area contributed by atoms with E-state index in [-0.39, 0.29) is 6.04 Å². The molecule has 0 aromatic rings. The van der Waals surface area contributed by atoms with Gasteiger partial charge in [-0.05, 0) is 26.2 Å². The third-order valence-corrected chi connectivity index (χ3v) is 2.89. The summed E-state index contributed by atoms with van der Waals surface area (Å²) >= 11 is 0. The van der Waals surface area contributed by atoms with Crippen molar-refractivity contribution < 1.29 is 14.7 Å². The van der Waals surface area contributed by atoms with E-state index in [1.165, 1.54) is 6.92 Å². The molecule has 16 heavy (non-hydrogen) atoms. The number of carboxylic acid groups (broad SMARTS) is 1. The number of rotatable bonds is 6. The molecule has 0 bridgehead atoms. The highest BCUT2D eigenvalue weighted by molar-refractivity contribution is 5.85. The number of urea groups is 1. The quantitative estimate of drug-likeness (QED) is 0.650. The first-order valence-electron chi connectivity index (χ1n) is 5.71. The molecule has 0 spiro atoms. The van der Waals surface area contributed by atoms with Crippen LogP contribution in [0.5, 0.6) is 0 Å². The maximum Gasteiger partial charge on any atom is 0.329 e. The molecule has 0 saturated carbocycles. The van der Waals surface area contributed by atoms with Crippen LogP contribution in [0, 0.1) is 0 Å². The first-order chi connectivity index (χ1) is 7.39. The van der Waals surface area contributed by atoms with Gasteiger partial charge in [0, 0.05) is 6.04 Å². The topological polar surface area (TPSA) is 78.4 Å². The molecule has 2 amide bonds. The lowest BCUT2D eigenvalue weighted by Crippen LogP contribution is -2.56. The normalized spacial score (nSPS) is 14.3. The summed E-state index contributed by atoms with van der Waals surface area (Å²) in [4.78, 5) is 22.5. The molecule has 5 nitrogen and oxygen atoms in total. The van der Waals surface area contributed by atoms with Crippen LogP contribution in [-0.2, 0) is 4.79 Å². The fourth-order valence-corrected chi connectivity index (χ4v) is 1.26. The van der Waals surface area contributed by atoms with Gasteiger partial charge >= 0.3 is 12.0 Å². The van der Waals surface area contributed by atoms with Crippen LogP contribution < -0.4 is 10.6 Å². The SMILES string of the molecule is CCC(CC)NC(=O)NC(C)(CC)C(=O)O. The second kappa shape index (κ2) is 6.35. The van der Waals surface area contributed by atoms with Crippen molar-refractivity contribution in [1.29, 1.82) is 0 Å². The zero-order valence-electron chi connectivity index (χ0n) is 10.5. The molecular formula is C11H22N2O3. The number of carbonyl (C=O) groups is 2. The van der Waals surface area contributed by atoms with E-state index in [0.29, 0.717) is 6.42 Å². The number of carbonyl (C=O) groups excluding carboxylic acids is 1. The largest absolute Gasteiger partial charge is 0.480 e. The smallest absolute Gasteiger partial charge is 0.329 e. The Balaban J connectivity index is 4.37. The fraction of sp³-hybridized carbons (Fsp3) is 0.818. The van der Waals surface area contributed by atoms with Crippen molar-refractivity contribution in [2.75, 3.05) is 0 Å². The molecule has 0 fully saturated rings. The molecule has 0 rings (SSSR count). The molecule has 0 heterocycles. The molecule has 94 valence electrons. The molecule has 0 aliphatic heterocycles. The molecule has 0 aromatic carbocycles. The van der Waals surface area contributed by atoms with Crippen LogP contribution >= 0.6 is 0 Å². The minimum atomic E-state index is -1.20. The number of nitrogens with one attached hydrogen (secondary N) is 2. The molecule has 3 N–H and O–H groups in total. The van der Waals surface area contributed by atoms with Crippen molar-refractivity contribution in [3.05, 3.63) is 0 Å². The number of carboxylic acids is 1. The summed E-state index contributed by atoms with van der Waals surface area (Å²) in [6.45, 7) is 7.18. The molecule has 0 aromatic heterocycles. The zero-order valence-corrected chi connectivity index (χ0v) is 10.5. The molecular weight excluding hydrogens is 208 g/mol. The lowest BCUT2D eigenvalue weighted by atomic mass is 10.00. The Kier molecular flexibility index (Phi) is 5.85. The molecule has 5 heteroatoms. The third-order valence-electron chi connectivity index (χ3n) is 2.89. The zero-order chi connectivity index (χ0) is 12.8. The van der Waals surface area contributed by atoms with Gasteiger partial charge in [0.2, 0.25) is 0 Å². The van der Waals surface area contributed by atoms with E-state index in [9.17, 15) is 9.59 Å². The highest BCUT2D eigenvalue weighted by Crippen LogP contribution is 2.09. The Hall–Kier alpha value is -1.26. The summed E-state index contributed by atoms with van der Waals surface area (Å²) in [7, 11) is 0. The lowest BCUT2D eigenvalue weighted by Gasteiger charge is -2.26. The summed E-state index contributed by atoms with van der Waals surface area (Å²) in [6, 6.07) is -0.324. The highest BCUT2D eigenvalue weighted by Gasteiger charge is 2.32. The predicted octanol–water partition coefficient (Wildman–Crippen LogP) is 1.73. The van der Waals surface area contributed by atoms with Crippen LogP contribution in [0.4, 0.5) is 4.79 Å². The monoisotopic (exact) mass is 230 g/mol. The maximum absolute atomic E-state index is 11.6. The number of hydrogen-bond acceptors (Lipinski definition) is 2. The second-order valence-electron chi connectivity index (χ2n) is 4.10. The van der Waals surface area contributed by atoms with Gasteiger partial charge in [-0.3, -0.25) is 0 Å². The van der Waals surface area contributed by atoms with E-state index in [4.69, 9.17) is 5.11 Å². The summed E-state index contributed by atoms with van der Waals surface area (Å²) < 4.78 is 0. The fourth-order valence-electron chi connectivity index (χ4n) is 1.26. The maximum atomic E-state index is 11.6.